The molecule has 0 radical (unpaired) electrons. The summed E-state index contributed by atoms with van der Waals surface area (Å²) in [7, 11) is 0. The summed E-state index contributed by atoms with van der Waals surface area (Å²) in [5, 5.41) is 0. The third kappa shape index (κ3) is 6.61. The number of hydrogen-bond donors (Lipinski definition) is 0. The van der Waals surface area contributed by atoms with E-state index < -0.39 is 0 Å². The molecule has 0 heterocycles. The van der Waals surface area contributed by atoms with Crippen LogP contribution in [0.1, 0.15) is 107 Å². The molecule has 1 rings (SSSR count). The van der Waals surface area contributed by atoms with Crippen molar-refractivity contribution in [2.24, 2.45) is 5.92 Å². The number of rotatable bonds is 9. The predicted molar refractivity (Wildman–Crippen MR) is 112 cm³/mol. The van der Waals surface area contributed by atoms with Gasteiger partial charge in [-0.1, -0.05) is 54.4 Å². The van der Waals surface area contributed by atoms with E-state index in [2.05, 4.69) is 48.5 Å². The minimum absolute atomic E-state index is 0.790. The molecule has 0 saturated carbocycles. The monoisotopic (exact) mass is 332 g/mol. The second-order valence-corrected chi connectivity index (χ2v) is 7.45. The highest BCUT2D eigenvalue weighted by molar-refractivity contribution is 5.51. The molecule has 0 saturated heterocycles. The Balaban J connectivity index is 0.00000254. The van der Waals surface area contributed by atoms with Crippen molar-refractivity contribution in [1.82, 2.24) is 0 Å². The quantitative estimate of drug-likeness (QED) is 0.431. The van der Waals surface area contributed by atoms with Gasteiger partial charge in [0.2, 0.25) is 0 Å². The van der Waals surface area contributed by atoms with Gasteiger partial charge < -0.3 is 0 Å². The average Bonchev–Trinajstić information content (AvgIpc) is 2.56. The fourth-order valence-electron chi connectivity index (χ4n) is 3.66. The first-order valence-electron chi connectivity index (χ1n) is 10.5. The highest BCUT2D eigenvalue weighted by atomic mass is 14.2. The fraction of sp³-hybridized carbons (Fsp3) is 0.750. The van der Waals surface area contributed by atoms with Crippen molar-refractivity contribution in [3.63, 3.8) is 0 Å². The summed E-state index contributed by atoms with van der Waals surface area (Å²) in [4.78, 5) is 0. The normalized spacial score (nSPS) is 10.8. The Morgan fingerprint density at radius 2 is 0.958 bits per heavy atom. The number of hydrogen-bond acceptors (Lipinski definition) is 0. The van der Waals surface area contributed by atoms with Gasteiger partial charge in [-0.05, 0) is 98.6 Å². The summed E-state index contributed by atoms with van der Waals surface area (Å²) in [5.41, 5.74) is 9.80. The zero-order valence-electron chi connectivity index (χ0n) is 18.2. The summed E-state index contributed by atoms with van der Waals surface area (Å²) < 4.78 is 0. The lowest BCUT2D eigenvalue weighted by molar-refractivity contribution is 0.583. The molecule has 0 atom stereocenters. The van der Waals surface area contributed by atoms with Crippen LogP contribution in [0.25, 0.3) is 0 Å². The van der Waals surface area contributed by atoms with E-state index in [4.69, 9.17) is 0 Å². The summed E-state index contributed by atoms with van der Waals surface area (Å²) >= 11 is 0. The molecule has 0 N–H and O–H groups in total. The molecule has 0 unspecified atom stereocenters. The van der Waals surface area contributed by atoms with Crippen molar-refractivity contribution in [2.75, 3.05) is 0 Å². The molecule has 0 aliphatic heterocycles. The van der Waals surface area contributed by atoms with E-state index >= 15 is 0 Å². The van der Waals surface area contributed by atoms with Gasteiger partial charge >= 0.3 is 0 Å². The van der Waals surface area contributed by atoms with Gasteiger partial charge in [-0.2, -0.15) is 0 Å². The summed E-state index contributed by atoms with van der Waals surface area (Å²) in [6.07, 6.45) is 10.3. The molecular formula is C24H44. The molecule has 24 heavy (non-hydrogen) atoms. The highest BCUT2D eigenvalue weighted by Crippen LogP contribution is 2.31. The highest BCUT2D eigenvalue weighted by Gasteiger charge is 2.16. The maximum atomic E-state index is 2.38. The summed E-state index contributed by atoms with van der Waals surface area (Å²) in [5.74, 6) is 0.790. The third-order valence-corrected chi connectivity index (χ3v) is 5.25. The van der Waals surface area contributed by atoms with Gasteiger partial charge in [-0.15, -0.1) is 0 Å². The number of benzene rings is 1. The van der Waals surface area contributed by atoms with E-state index in [1.165, 1.54) is 51.4 Å². The SMILES string of the molecule is CC.CCCCc1c(C)c(CCCC)c(C)c(CCC(C)C)c1C. The topological polar surface area (TPSA) is 0 Å². The molecular weight excluding hydrogens is 288 g/mol. The molecule has 0 fully saturated rings. The molecule has 0 amide bonds. The molecule has 0 bridgehead atoms. The fourth-order valence-corrected chi connectivity index (χ4v) is 3.66. The lowest BCUT2D eigenvalue weighted by atomic mass is 9.82. The van der Waals surface area contributed by atoms with Crippen LogP contribution >= 0.6 is 0 Å². The van der Waals surface area contributed by atoms with Crippen molar-refractivity contribution in [3.8, 4) is 0 Å². The van der Waals surface area contributed by atoms with Gasteiger partial charge in [0.15, 0.2) is 0 Å². The first kappa shape index (κ1) is 23.2. The summed E-state index contributed by atoms with van der Waals surface area (Å²) in [6, 6.07) is 0. The number of unbranched alkanes of at least 4 members (excludes halogenated alkanes) is 2. The van der Waals surface area contributed by atoms with Crippen molar-refractivity contribution in [3.05, 3.63) is 33.4 Å². The van der Waals surface area contributed by atoms with Gasteiger partial charge in [0.1, 0.15) is 0 Å². The molecule has 1 aromatic carbocycles. The van der Waals surface area contributed by atoms with E-state index in [0.717, 1.165) is 5.92 Å². The predicted octanol–water partition coefficient (Wildman–Crippen LogP) is 7.91. The molecule has 0 heteroatoms. The molecule has 140 valence electrons. The second-order valence-electron chi connectivity index (χ2n) is 7.45. The van der Waals surface area contributed by atoms with Crippen molar-refractivity contribution >= 4 is 0 Å². The van der Waals surface area contributed by atoms with Crippen LogP contribution in [-0.4, -0.2) is 0 Å². The van der Waals surface area contributed by atoms with Crippen LogP contribution < -0.4 is 0 Å². The van der Waals surface area contributed by atoms with E-state index in [-0.39, 0.29) is 0 Å². The Labute approximate surface area is 153 Å². The maximum Gasteiger partial charge on any atom is -0.0271 e. The minimum atomic E-state index is 0.790. The van der Waals surface area contributed by atoms with E-state index in [9.17, 15) is 0 Å². The van der Waals surface area contributed by atoms with Crippen molar-refractivity contribution in [1.29, 1.82) is 0 Å². The summed E-state index contributed by atoms with van der Waals surface area (Å²) in [6.45, 7) is 20.4. The molecule has 0 aromatic heterocycles. The van der Waals surface area contributed by atoms with Gasteiger partial charge in [0.25, 0.3) is 0 Å². The van der Waals surface area contributed by atoms with Crippen LogP contribution in [0.3, 0.4) is 0 Å². The first-order valence-corrected chi connectivity index (χ1v) is 10.5. The molecule has 0 aliphatic carbocycles. The second kappa shape index (κ2) is 12.6. The Kier molecular flexibility index (Phi) is 12.2. The van der Waals surface area contributed by atoms with Crippen molar-refractivity contribution in [2.45, 2.75) is 114 Å². The van der Waals surface area contributed by atoms with Crippen LogP contribution in [0.15, 0.2) is 0 Å². The van der Waals surface area contributed by atoms with Gasteiger partial charge in [-0.3, -0.25) is 0 Å². The Morgan fingerprint density at radius 1 is 0.625 bits per heavy atom. The van der Waals surface area contributed by atoms with Gasteiger partial charge in [-0.25, -0.2) is 0 Å². The zero-order chi connectivity index (χ0) is 18.7. The Hall–Kier alpha value is -0.780. The largest absolute Gasteiger partial charge is 0.0683 e. The van der Waals surface area contributed by atoms with Crippen LogP contribution in [0.4, 0.5) is 0 Å². The first-order chi connectivity index (χ1) is 11.4. The lowest BCUT2D eigenvalue weighted by Crippen LogP contribution is -2.09. The van der Waals surface area contributed by atoms with E-state index in [1.54, 1.807) is 33.4 Å². The van der Waals surface area contributed by atoms with Crippen LogP contribution in [0.5, 0.6) is 0 Å². The molecule has 0 spiro atoms. The van der Waals surface area contributed by atoms with Crippen LogP contribution in [-0.2, 0) is 19.3 Å². The van der Waals surface area contributed by atoms with Gasteiger partial charge in [0, 0.05) is 0 Å². The minimum Gasteiger partial charge on any atom is -0.0683 e. The van der Waals surface area contributed by atoms with Crippen molar-refractivity contribution < 1.29 is 0 Å². The smallest absolute Gasteiger partial charge is 0.0271 e. The molecule has 0 nitrogen and oxygen atoms in total. The van der Waals surface area contributed by atoms with Crippen LogP contribution in [0.2, 0.25) is 0 Å². The lowest BCUT2D eigenvalue weighted by Gasteiger charge is -2.23. The Morgan fingerprint density at radius 3 is 1.25 bits per heavy atom. The molecule has 0 aliphatic rings. The zero-order valence-corrected chi connectivity index (χ0v) is 18.2. The Bertz CT molecular complexity index is 430. The third-order valence-electron chi connectivity index (χ3n) is 5.25. The van der Waals surface area contributed by atoms with E-state index in [0.29, 0.717) is 0 Å². The van der Waals surface area contributed by atoms with E-state index in [1.807, 2.05) is 13.8 Å². The standard InChI is InChI=1S/C22H38.C2H6/c1-8-10-12-20-17(5)21(13-11-9-2)19(7)22(18(20)6)15-14-16(3)4;1-2/h16H,8-15H2,1-7H3;1-2H3. The van der Waals surface area contributed by atoms with Crippen LogP contribution in [0, 0.1) is 26.7 Å². The van der Waals surface area contributed by atoms with Gasteiger partial charge in [0.05, 0.1) is 0 Å². The average molecular weight is 333 g/mol. The molecule has 1 aromatic rings. The maximum absolute atomic E-state index is 2.38.